The average Bonchev–Trinajstić information content (AvgIpc) is 2.96. The van der Waals surface area contributed by atoms with Gasteiger partial charge in [-0.05, 0) is 37.1 Å². The largest absolute Gasteiger partial charge is 0.466 e. The Kier molecular flexibility index (Phi) is 5.70. The Balaban J connectivity index is 2.39. The van der Waals surface area contributed by atoms with Gasteiger partial charge in [-0.3, -0.25) is 4.79 Å². The molecule has 0 saturated heterocycles. The highest BCUT2D eigenvalue weighted by atomic mass is 32.2. The van der Waals surface area contributed by atoms with E-state index in [1.807, 2.05) is 67.6 Å². The Labute approximate surface area is 165 Å². The number of hydrogen-bond donors (Lipinski definition) is 0. The summed E-state index contributed by atoms with van der Waals surface area (Å²) < 4.78 is 32.6. The maximum Gasteiger partial charge on any atom is 0.310 e. The predicted octanol–water partition coefficient (Wildman–Crippen LogP) is 3.96. The van der Waals surface area contributed by atoms with Crippen molar-refractivity contribution in [3.63, 3.8) is 0 Å². The predicted molar refractivity (Wildman–Crippen MR) is 109 cm³/mol. The van der Waals surface area contributed by atoms with Gasteiger partial charge in [-0.15, -0.1) is 0 Å². The summed E-state index contributed by atoms with van der Waals surface area (Å²) >= 11 is 0. The third-order valence-electron chi connectivity index (χ3n) is 4.55. The molecule has 0 saturated carbocycles. The molecule has 0 N–H and O–H groups in total. The molecule has 28 heavy (non-hydrogen) atoms. The van der Waals surface area contributed by atoms with E-state index < -0.39 is 9.84 Å². The number of benzene rings is 2. The molecule has 1 heterocycles. The van der Waals surface area contributed by atoms with E-state index in [4.69, 9.17) is 4.74 Å². The Morgan fingerprint density at radius 1 is 1.00 bits per heavy atom. The molecule has 5 nitrogen and oxygen atoms in total. The third kappa shape index (κ3) is 3.87. The maximum atomic E-state index is 12.9. The zero-order valence-electron chi connectivity index (χ0n) is 16.2. The lowest BCUT2D eigenvalue weighted by Gasteiger charge is -2.11. The van der Waals surface area contributed by atoms with Crippen LogP contribution in [0.1, 0.15) is 18.2 Å². The third-order valence-corrected chi connectivity index (χ3v) is 5.63. The maximum absolute atomic E-state index is 12.9. The van der Waals surface area contributed by atoms with Crippen LogP contribution in [-0.4, -0.2) is 31.8 Å². The fraction of sp³-hybridized carbons (Fsp3) is 0.227. The lowest BCUT2D eigenvalue weighted by atomic mass is 10.0. The summed E-state index contributed by atoms with van der Waals surface area (Å²) in [5.41, 5.74) is 3.40. The van der Waals surface area contributed by atoms with Gasteiger partial charge in [0.15, 0.2) is 9.84 Å². The molecule has 146 valence electrons. The quantitative estimate of drug-likeness (QED) is 0.591. The van der Waals surface area contributed by atoms with Gasteiger partial charge in [0.2, 0.25) is 0 Å². The Hall–Kier alpha value is -2.86. The van der Waals surface area contributed by atoms with Crippen molar-refractivity contribution in [3.05, 3.63) is 71.9 Å². The normalized spacial score (nSPS) is 11.4. The second-order valence-electron chi connectivity index (χ2n) is 6.54. The molecular formula is C22H23NO4S. The van der Waals surface area contributed by atoms with E-state index in [1.165, 1.54) is 6.26 Å². The summed E-state index contributed by atoms with van der Waals surface area (Å²) in [6, 6.07) is 18.6. The summed E-state index contributed by atoms with van der Waals surface area (Å²) in [7, 11) is -3.60. The second-order valence-corrected chi connectivity index (χ2v) is 8.47. The van der Waals surface area contributed by atoms with Crippen LogP contribution in [0.25, 0.3) is 16.8 Å². The molecule has 0 aliphatic carbocycles. The van der Waals surface area contributed by atoms with Crippen molar-refractivity contribution in [1.29, 1.82) is 0 Å². The molecule has 0 fully saturated rings. The first-order chi connectivity index (χ1) is 13.3. The number of carbonyl (C=O) groups is 1. The summed E-state index contributed by atoms with van der Waals surface area (Å²) in [6.07, 6.45) is 1.20. The van der Waals surface area contributed by atoms with Gasteiger partial charge in [0.1, 0.15) is 5.03 Å². The van der Waals surface area contributed by atoms with Gasteiger partial charge in [-0.2, -0.15) is 0 Å². The topological polar surface area (TPSA) is 65.4 Å². The highest BCUT2D eigenvalue weighted by molar-refractivity contribution is 7.90. The monoisotopic (exact) mass is 397 g/mol. The van der Waals surface area contributed by atoms with Crippen molar-refractivity contribution in [3.8, 4) is 16.8 Å². The first-order valence-corrected chi connectivity index (χ1v) is 10.9. The highest BCUT2D eigenvalue weighted by Crippen LogP contribution is 2.38. The van der Waals surface area contributed by atoms with Crippen molar-refractivity contribution in [2.75, 3.05) is 12.9 Å². The van der Waals surface area contributed by atoms with Crippen molar-refractivity contribution in [2.45, 2.75) is 25.3 Å². The fourth-order valence-corrected chi connectivity index (χ4v) is 4.61. The number of ether oxygens (including phenoxy) is 1. The minimum Gasteiger partial charge on any atom is -0.466 e. The summed E-state index contributed by atoms with van der Waals surface area (Å²) in [5, 5.41) is 0.182. The highest BCUT2D eigenvalue weighted by Gasteiger charge is 2.29. The van der Waals surface area contributed by atoms with Crippen LogP contribution < -0.4 is 0 Å². The van der Waals surface area contributed by atoms with E-state index in [-0.39, 0.29) is 24.0 Å². The van der Waals surface area contributed by atoms with Gasteiger partial charge in [-0.25, -0.2) is 8.42 Å². The molecule has 0 aliphatic heterocycles. The van der Waals surface area contributed by atoms with Gasteiger partial charge < -0.3 is 9.30 Å². The van der Waals surface area contributed by atoms with Crippen LogP contribution in [0.15, 0.2) is 65.7 Å². The molecule has 0 unspecified atom stereocenters. The number of nitrogens with zero attached hydrogens (tertiary/aromatic N) is 1. The molecule has 3 rings (SSSR count). The first kappa shape index (κ1) is 19.9. The lowest BCUT2D eigenvalue weighted by molar-refractivity contribution is -0.142. The second kappa shape index (κ2) is 8.02. The number of aromatic nitrogens is 1. The number of sulfone groups is 1. The van der Waals surface area contributed by atoms with E-state index in [0.717, 1.165) is 11.3 Å². The molecular weight excluding hydrogens is 374 g/mol. The molecule has 3 aromatic rings. The standard InChI is InChI=1S/C22H23NO4S/c1-4-27-20(24)15-19-16(2)23(18-13-9-6-10-14-18)22(28(3,25)26)21(19)17-11-7-5-8-12-17/h5-14H,4,15H2,1-3H3. The van der Waals surface area contributed by atoms with E-state index in [0.29, 0.717) is 16.8 Å². The minimum absolute atomic E-state index is 0.00620. The summed E-state index contributed by atoms with van der Waals surface area (Å²) in [4.78, 5) is 12.3. The van der Waals surface area contributed by atoms with Gasteiger partial charge in [0.25, 0.3) is 0 Å². The van der Waals surface area contributed by atoms with Gasteiger partial charge in [0, 0.05) is 23.2 Å². The van der Waals surface area contributed by atoms with E-state index in [9.17, 15) is 13.2 Å². The van der Waals surface area contributed by atoms with Crippen LogP contribution in [0, 0.1) is 6.92 Å². The number of para-hydroxylation sites is 1. The number of carbonyl (C=O) groups excluding carboxylic acids is 1. The number of rotatable bonds is 6. The van der Waals surface area contributed by atoms with E-state index in [2.05, 4.69) is 0 Å². The van der Waals surface area contributed by atoms with Crippen LogP contribution in [-0.2, 0) is 25.8 Å². The van der Waals surface area contributed by atoms with Crippen LogP contribution >= 0.6 is 0 Å². The Morgan fingerprint density at radius 2 is 1.57 bits per heavy atom. The first-order valence-electron chi connectivity index (χ1n) is 9.05. The van der Waals surface area contributed by atoms with Crippen LogP contribution in [0.5, 0.6) is 0 Å². The molecule has 0 aliphatic rings. The smallest absolute Gasteiger partial charge is 0.310 e. The van der Waals surface area contributed by atoms with E-state index in [1.54, 1.807) is 11.5 Å². The van der Waals surface area contributed by atoms with Crippen LogP contribution in [0.4, 0.5) is 0 Å². The number of hydrogen-bond acceptors (Lipinski definition) is 4. The van der Waals surface area contributed by atoms with Crippen molar-refractivity contribution in [1.82, 2.24) is 4.57 Å². The van der Waals surface area contributed by atoms with E-state index >= 15 is 0 Å². The van der Waals surface area contributed by atoms with Crippen LogP contribution in [0.2, 0.25) is 0 Å². The van der Waals surface area contributed by atoms with Crippen molar-refractivity contribution < 1.29 is 17.9 Å². The molecule has 0 bridgehead atoms. The molecule has 0 amide bonds. The zero-order valence-corrected chi connectivity index (χ0v) is 17.0. The molecule has 2 aromatic carbocycles. The van der Waals surface area contributed by atoms with Crippen molar-refractivity contribution >= 4 is 15.8 Å². The molecule has 0 radical (unpaired) electrons. The zero-order chi connectivity index (χ0) is 20.3. The Morgan fingerprint density at radius 3 is 2.11 bits per heavy atom. The summed E-state index contributed by atoms with van der Waals surface area (Å²) in [5.74, 6) is -0.381. The lowest BCUT2D eigenvalue weighted by Crippen LogP contribution is -2.09. The number of esters is 1. The molecule has 0 atom stereocenters. The Bertz CT molecular complexity index is 1080. The van der Waals surface area contributed by atoms with Gasteiger partial charge in [0.05, 0.1) is 13.0 Å². The average molecular weight is 397 g/mol. The van der Waals surface area contributed by atoms with Gasteiger partial charge in [-0.1, -0.05) is 48.5 Å². The van der Waals surface area contributed by atoms with Gasteiger partial charge >= 0.3 is 5.97 Å². The SMILES string of the molecule is CCOC(=O)Cc1c(-c2ccccc2)c(S(C)(=O)=O)n(-c2ccccc2)c1C. The minimum atomic E-state index is -3.60. The molecule has 1 aromatic heterocycles. The fourth-order valence-electron chi connectivity index (χ4n) is 3.42. The summed E-state index contributed by atoms with van der Waals surface area (Å²) in [6.45, 7) is 3.86. The van der Waals surface area contributed by atoms with Crippen molar-refractivity contribution in [2.24, 2.45) is 0 Å². The van der Waals surface area contributed by atoms with Crippen LogP contribution in [0.3, 0.4) is 0 Å². The molecule has 6 heteroatoms. The molecule has 0 spiro atoms.